The standard InChI is InChI=1S/C13H15ClN2OS/c1-15-7-12-11(8-17-2)16-13(18-12)9-4-3-5-10(14)6-9/h3-6,15H,7-8H2,1-2H3. The van der Waals surface area contributed by atoms with Gasteiger partial charge in [0.25, 0.3) is 0 Å². The van der Waals surface area contributed by atoms with Crippen LogP contribution in [0.2, 0.25) is 5.02 Å². The summed E-state index contributed by atoms with van der Waals surface area (Å²) in [7, 11) is 3.61. The molecule has 0 unspecified atom stereocenters. The highest BCUT2D eigenvalue weighted by molar-refractivity contribution is 7.15. The molecule has 0 aliphatic carbocycles. The van der Waals surface area contributed by atoms with E-state index in [9.17, 15) is 0 Å². The highest BCUT2D eigenvalue weighted by Crippen LogP contribution is 2.30. The van der Waals surface area contributed by atoms with E-state index in [2.05, 4.69) is 10.3 Å². The number of hydrogen-bond acceptors (Lipinski definition) is 4. The first-order chi connectivity index (χ1) is 8.74. The molecule has 1 aromatic heterocycles. The second kappa shape index (κ2) is 6.29. The van der Waals surface area contributed by atoms with Gasteiger partial charge in [-0.05, 0) is 19.2 Å². The fourth-order valence-electron chi connectivity index (χ4n) is 1.68. The van der Waals surface area contributed by atoms with Gasteiger partial charge < -0.3 is 10.1 Å². The van der Waals surface area contributed by atoms with Crippen LogP contribution in [0.3, 0.4) is 0 Å². The van der Waals surface area contributed by atoms with Crippen molar-refractivity contribution in [3.8, 4) is 10.6 Å². The molecule has 2 rings (SSSR count). The van der Waals surface area contributed by atoms with Crippen LogP contribution < -0.4 is 5.32 Å². The molecule has 1 aromatic carbocycles. The van der Waals surface area contributed by atoms with E-state index in [4.69, 9.17) is 16.3 Å². The van der Waals surface area contributed by atoms with E-state index in [1.165, 1.54) is 4.88 Å². The molecule has 5 heteroatoms. The van der Waals surface area contributed by atoms with Crippen LogP contribution in [0.1, 0.15) is 10.6 Å². The number of ether oxygens (including phenoxy) is 1. The average molecular weight is 283 g/mol. The van der Waals surface area contributed by atoms with Crippen molar-refractivity contribution in [2.24, 2.45) is 0 Å². The summed E-state index contributed by atoms with van der Waals surface area (Å²) in [5, 5.41) is 4.86. The molecule has 0 bridgehead atoms. The van der Waals surface area contributed by atoms with Gasteiger partial charge in [-0.2, -0.15) is 0 Å². The number of halogens is 1. The highest BCUT2D eigenvalue weighted by Gasteiger charge is 2.12. The van der Waals surface area contributed by atoms with Crippen LogP contribution in [-0.4, -0.2) is 19.1 Å². The van der Waals surface area contributed by atoms with Crippen molar-refractivity contribution in [3.63, 3.8) is 0 Å². The summed E-state index contributed by atoms with van der Waals surface area (Å²) in [4.78, 5) is 5.83. The Morgan fingerprint density at radius 1 is 1.44 bits per heavy atom. The summed E-state index contributed by atoms with van der Waals surface area (Å²) >= 11 is 7.68. The van der Waals surface area contributed by atoms with Gasteiger partial charge >= 0.3 is 0 Å². The molecule has 0 amide bonds. The summed E-state index contributed by atoms with van der Waals surface area (Å²) in [5.74, 6) is 0. The van der Waals surface area contributed by atoms with Gasteiger partial charge in [-0.3, -0.25) is 0 Å². The maximum atomic E-state index is 6.00. The van der Waals surface area contributed by atoms with Crippen molar-refractivity contribution in [3.05, 3.63) is 39.9 Å². The SMILES string of the molecule is CNCc1sc(-c2cccc(Cl)c2)nc1COC. The Hall–Kier alpha value is -0.940. The molecular formula is C13H15ClN2OS. The van der Waals surface area contributed by atoms with Gasteiger partial charge in [0.15, 0.2) is 0 Å². The third-order valence-electron chi connectivity index (χ3n) is 2.47. The van der Waals surface area contributed by atoms with Gasteiger partial charge in [0.1, 0.15) is 5.01 Å². The number of thiazole rings is 1. The van der Waals surface area contributed by atoms with Crippen LogP contribution in [0.5, 0.6) is 0 Å². The highest BCUT2D eigenvalue weighted by atomic mass is 35.5. The fraction of sp³-hybridized carbons (Fsp3) is 0.308. The summed E-state index contributed by atoms with van der Waals surface area (Å²) in [5.41, 5.74) is 2.04. The number of nitrogens with zero attached hydrogens (tertiary/aromatic N) is 1. The van der Waals surface area contributed by atoms with Crippen LogP contribution in [0.4, 0.5) is 0 Å². The number of benzene rings is 1. The van der Waals surface area contributed by atoms with E-state index in [1.807, 2.05) is 31.3 Å². The van der Waals surface area contributed by atoms with E-state index in [0.29, 0.717) is 6.61 Å². The van der Waals surface area contributed by atoms with Crippen molar-refractivity contribution in [2.75, 3.05) is 14.2 Å². The molecule has 0 saturated heterocycles. The van der Waals surface area contributed by atoms with E-state index in [1.54, 1.807) is 18.4 Å². The second-order valence-electron chi connectivity index (χ2n) is 3.86. The molecule has 96 valence electrons. The van der Waals surface area contributed by atoms with Gasteiger partial charge in [-0.15, -0.1) is 11.3 Å². The van der Waals surface area contributed by atoms with E-state index in [-0.39, 0.29) is 0 Å². The lowest BCUT2D eigenvalue weighted by Crippen LogP contribution is -2.06. The van der Waals surface area contributed by atoms with E-state index >= 15 is 0 Å². The Morgan fingerprint density at radius 2 is 2.28 bits per heavy atom. The minimum Gasteiger partial charge on any atom is -0.378 e. The zero-order chi connectivity index (χ0) is 13.0. The molecule has 1 N–H and O–H groups in total. The lowest BCUT2D eigenvalue weighted by molar-refractivity contribution is 0.181. The quantitative estimate of drug-likeness (QED) is 0.913. The van der Waals surface area contributed by atoms with Crippen molar-refractivity contribution in [1.82, 2.24) is 10.3 Å². The van der Waals surface area contributed by atoms with Gasteiger partial charge in [0, 0.05) is 29.1 Å². The van der Waals surface area contributed by atoms with Crippen LogP contribution in [0, 0.1) is 0 Å². The first-order valence-electron chi connectivity index (χ1n) is 5.62. The monoisotopic (exact) mass is 282 g/mol. The van der Waals surface area contributed by atoms with Crippen molar-refractivity contribution in [2.45, 2.75) is 13.2 Å². The molecule has 18 heavy (non-hydrogen) atoms. The van der Waals surface area contributed by atoms with Gasteiger partial charge in [-0.1, -0.05) is 23.7 Å². The summed E-state index contributed by atoms with van der Waals surface area (Å²) in [6, 6.07) is 7.75. The molecule has 0 aliphatic rings. The predicted molar refractivity (Wildman–Crippen MR) is 76.0 cm³/mol. The second-order valence-corrected chi connectivity index (χ2v) is 5.38. The third kappa shape index (κ3) is 3.09. The third-order valence-corrected chi connectivity index (χ3v) is 3.85. The maximum absolute atomic E-state index is 6.00. The van der Waals surface area contributed by atoms with Crippen LogP contribution in [0.15, 0.2) is 24.3 Å². The molecule has 1 heterocycles. The molecule has 3 nitrogen and oxygen atoms in total. The number of nitrogens with one attached hydrogen (secondary N) is 1. The minimum atomic E-state index is 0.536. The summed E-state index contributed by atoms with van der Waals surface area (Å²) in [6.45, 7) is 1.34. The molecule has 0 radical (unpaired) electrons. The van der Waals surface area contributed by atoms with Crippen LogP contribution in [-0.2, 0) is 17.9 Å². The zero-order valence-corrected chi connectivity index (χ0v) is 11.9. The van der Waals surface area contributed by atoms with Gasteiger partial charge in [0.2, 0.25) is 0 Å². The molecule has 2 aromatic rings. The first-order valence-corrected chi connectivity index (χ1v) is 6.82. The molecule has 0 atom stereocenters. The number of methoxy groups -OCH3 is 1. The number of rotatable bonds is 5. The Morgan fingerprint density at radius 3 is 2.94 bits per heavy atom. The van der Waals surface area contributed by atoms with E-state index < -0.39 is 0 Å². The number of hydrogen-bond donors (Lipinski definition) is 1. The Balaban J connectivity index is 2.36. The smallest absolute Gasteiger partial charge is 0.124 e. The topological polar surface area (TPSA) is 34.2 Å². The number of aromatic nitrogens is 1. The Labute approximate surface area is 116 Å². The molecule has 0 aliphatic heterocycles. The van der Waals surface area contributed by atoms with Gasteiger partial charge in [-0.25, -0.2) is 4.98 Å². The summed E-state index contributed by atoms with van der Waals surface area (Å²) in [6.07, 6.45) is 0. The van der Waals surface area contributed by atoms with Crippen molar-refractivity contribution < 1.29 is 4.74 Å². The van der Waals surface area contributed by atoms with Crippen LogP contribution >= 0.6 is 22.9 Å². The summed E-state index contributed by atoms with van der Waals surface area (Å²) < 4.78 is 5.18. The Kier molecular flexibility index (Phi) is 4.72. The normalized spacial score (nSPS) is 10.8. The van der Waals surface area contributed by atoms with Crippen molar-refractivity contribution >= 4 is 22.9 Å². The van der Waals surface area contributed by atoms with E-state index in [0.717, 1.165) is 27.8 Å². The zero-order valence-electron chi connectivity index (χ0n) is 10.4. The lowest BCUT2D eigenvalue weighted by atomic mass is 10.2. The molecule has 0 fully saturated rings. The first kappa shape index (κ1) is 13.5. The predicted octanol–water partition coefficient (Wildman–Crippen LogP) is 3.33. The van der Waals surface area contributed by atoms with Gasteiger partial charge in [0.05, 0.1) is 12.3 Å². The molecule has 0 spiro atoms. The molecular weight excluding hydrogens is 268 g/mol. The minimum absolute atomic E-state index is 0.536. The average Bonchev–Trinajstić information content (AvgIpc) is 2.74. The Bertz CT molecular complexity index is 504. The van der Waals surface area contributed by atoms with Crippen LogP contribution in [0.25, 0.3) is 10.6 Å². The lowest BCUT2D eigenvalue weighted by Gasteiger charge is -1.98. The van der Waals surface area contributed by atoms with Crippen molar-refractivity contribution in [1.29, 1.82) is 0 Å². The molecule has 0 saturated carbocycles. The maximum Gasteiger partial charge on any atom is 0.124 e. The largest absolute Gasteiger partial charge is 0.378 e. The fourth-order valence-corrected chi connectivity index (χ4v) is 2.94.